The number of anilines is 2. The minimum atomic E-state index is -2.35. The van der Waals surface area contributed by atoms with Gasteiger partial charge in [0.1, 0.15) is 12.9 Å². The van der Waals surface area contributed by atoms with Crippen molar-refractivity contribution in [1.82, 2.24) is 4.98 Å². The number of benzene rings is 2. The van der Waals surface area contributed by atoms with Crippen molar-refractivity contribution in [1.29, 1.82) is 0 Å². The van der Waals surface area contributed by atoms with Crippen LogP contribution in [0.4, 0.5) is 17.2 Å². The fourth-order valence-electron chi connectivity index (χ4n) is 3.24. The van der Waals surface area contributed by atoms with Crippen LogP contribution in [0.2, 0.25) is 0 Å². The minimum Gasteiger partial charge on any atom is -0.494 e. The fraction of sp³-hybridized carbons (Fsp3) is 0.217. The number of rotatable bonds is 8. The van der Waals surface area contributed by atoms with Gasteiger partial charge in [0, 0.05) is 29.6 Å². The molecule has 0 radical (unpaired) electrons. The van der Waals surface area contributed by atoms with Gasteiger partial charge in [0.15, 0.2) is 11.6 Å². The molecule has 0 saturated heterocycles. The molecule has 2 aromatic carbocycles. The summed E-state index contributed by atoms with van der Waals surface area (Å²) in [5.41, 5.74) is 3.14. The molecule has 160 valence electrons. The summed E-state index contributed by atoms with van der Waals surface area (Å²) >= 11 is 0. The van der Waals surface area contributed by atoms with Gasteiger partial charge in [-0.3, -0.25) is 4.79 Å². The molecule has 0 saturated carbocycles. The molecule has 3 aromatic rings. The lowest BCUT2D eigenvalue weighted by molar-refractivity contribution is 0.0988. The summed E-state index contributed by atoms with van der Waals surface area (Å²) in [6, 6.07) is 14.6. The van der Waals surface area contributed by atoms with E-state index in [1.165, 1.54) is 12.3 Å². The number of nitrogens with one attached hydrogen (secondary N) is 1. The number of nitrogens with zero attached hydrogens (tertiary/aromatic N) is 2. The first-order valence-corrected chi connectivity index (χ1v) is 12.3. The van der Waals surface area contributed by atoms with Crippen molar-refractivity contribution in [3.05, 3.63) is 65.2 Å². The highest BCUT2D eigenvalue weighted by atomic mass is 31.2. The summed E-state index contributed by atoms with van der Waals surface area (Å²) in [5, 5.41) is 6.87. The minimum absolute atomic E-state index is 0.0237. The third-order valence-corrected chi connectivity index (χ3v) is 6.43. The van der Waals surface area contributed by atoms with E-state index in [1.54, 1.807) is 27.4 Å². The maximum Gasteiger partial charge on any atom is 0.198 e. The van der Waals surface area contributed by atoms with E-state index in [0.717, 1.165) is 16.4 Å². The average Bonchev–Trinajstić information content (AvgIpc) is 2.77. The number of para-hydroxylation sites is 1. The van der Waals surface area contributed by atoms with Crippen molar-refractivity contribution < 1.29 is 14.1 Å². The molecule has 0 amide bonds. The van der Waals surface area contributed by atoms with E-state index >= 15 is 0 Å². The molecule has 1 N–H and O–H groups in total. The molecule has 3 rings (SSSR count). The molecule has 31 heavy (non-hydrogen) atoms. The average molecular weight is 437 g/mol. The Bertz CT molecular complexity index is 1170. The van der Waals surface area contributed by atoms with Gasteiger partial charge in [-0.2, -0.15) is 0 Å². The fourth-order valence-corrected chi connectivity index (χ4v) is 4.11. The van der Waals surface area contributed by atoms with Crippen LogP contribution in [0.3, 0.4) is 0 Å². The van der Waals surface area contributed by atoms with Crippen LogP contribution in [0.1, 0.15) is 23.7 Å². The molecule has 0 aliphatic heterocycles. The van der Waals surface area contributed by atoms with Gasteiger partial charge in [-0.15, -0.1) is 4.91 Å². The Balaban J connectivity index is 2.06. The van der Waals surface area contributed by atoms with Gasteiger partial charge in [-0.1, -0.05) is 43.3 Å². The van der Waals surface area contributed by atoms with Crippen LogP contribution < -0.4 is 15.4 Å². The SMILES string of the molecule is CCC(=O)c1cnc(N=O)cc1Nc1cccc(-c2ccc(P(C)(C)=O)cc2)c1OC. The van der Waals surface area contributed by atoms with Crippen LogP contribution in [0, 0.1) is 4.91 Å². The van der Waals surface area contributed by atoms with Crippen molar-refractivity contribution >= 4 is 35.4 Å². The zero-order chi connectivity index (χ0) is 22.6. The molecule has 0 fully saturated rings. The first-order chi connectivity index (χ1) is 14.8. The molecule has 0 spiro atoms. The highest BCUT2D eigenvalue weighted by Gasteiger charge is 2.17. The number of carbonyl (C=O) groups is 1. The molecule has 1 heterocycles. The molecule has 0 bridgehead atoms. The van der Waals surface area contributed by atoms with Crippen LogP contribution in [0.25, 0.3) is 11.1 Å². The second-order valence-electron chi connectivity index (χ2n) is 7.37. The Morgan fingerprint density at radius 2 is 1.84 bits per heavy atom. The van der Waals surface area contributed by atoms with E-state index in [0.29, 0.717) is 29.1 Å². The Hall–Kier alpha value is -3.31. The maximum atomic E-state index is 12.3. The number of methoxy groups -OCH3 is 1. The number of ketones is 1. The quantitative estimate of drug-likeness (QED) is 0.274. The van der Waals surface area contributed by atoms with E-state index < -0.39 is 7.14 Å². The molecular formula is C23H24N3O4P. The predicted octanol–water partition coefficient (Wildman–Crippen LogP) is 5.74. The summed E-state index contributed by atoms with van der Waals surface area (Å²) in [6.07, 6.45) is 1.65. The molecule has 0 unspecified atom stereocenters. The molecule has 8 heteroatoms. The Kier molecular flexibility index (Phi) is 6.66. The zero-order valence-electron chi connectivity index (χ0n) is 17.9. The molecule has 0 aliphatic carbocycles. The van der Waals surface area contributed by atoms with E-state index in [4.69, 9.17) is 4.74 Å². The lowest BCUT2D eigenvalue weighted by Crippen LogP contribution is -2.05. The summed E-state index contributed by atoms with van der Waals surface area (Å²) in [7, 11) is -0.782. The van der Waals surface area contributed by atoms with Gasteiger partial charge in [-0.05, 0) is 30.1 Å². The number of Topliss-reactive ketones (excluding diaryl/α,β-unsaturated/α-hetero) is 1. The maximum absolute atomic E-state index is 12.3. The highest BCUT2D eigenvalue weighted by molar-refractivity contribution is 7.70. The molecular weight excluding hydrogens is 413 g/mol. The topological polar surface area (TPSA) is 97.7 Å². The Morgan fingerprint density at radius 1 is 1.13 bits per heavy atom. The lowest BCUT2D eigenvalue weighted by Gasteiger charge is -2.17. The number of ether oxygens (including phenoxy) is 1. The monoisotopic (exact) mass is 437 g/mol. The van der Waals surface area contributed by atoms with Gasteiger partial charge in [-0.25, -0.2) is 4.98 Å². The van der Waals surface area contributed by atoms with Gasteiger partial charge in [0.05, 0.1) is 24.0 Å². The van der Waals surface area contributed by atoms with E-state index in [9.17, 15) is 14.3 Å². The lowest BCUT2D eigenvalue weighted by atomic mass is 10.0. The number of carbonyl (C=O) groups excluding carboxylic acids is 1. The van der Waals surface area contributed by atoms with E-state index in [1.807, 2.05) is 42.5 Å². The van der Waals surface area contributed by atoms with Crippen LogP contribution in [-0.4, -0.2) is 31.2 Å². The highest BCUT2D eigenvalue weighted by Crippen LogP contribution is 2.40. The van der Waals surface area contributed by atoms with Crippen LogP contribution in [-0.2, 0) is 4.57 Å². The number of hydrogen-bond donors (Lipinski definition) is 1. The normalized spacial score (nSPS) is 11.1. The second kappa shape index (κ2) is 9.23. The van der Waals surface area contributed by atoms with Gasteiger partial charge in [0.2, 0.25) is 0 Å². The van der Waals surface area contributed by atoms with Gasteiger partial charge in [0.25, 0.3) is 0 Å². The summed E-state index contributed by atoms with van der Waals surface area (Å²) < 4.78 is 18.0. The summed E-state index contributed by atoms with van der Waals surface area (Å²) in [5.74, 6) is 0.435. The Morgan fingerprint density at radius 3 is 2.42 bits per heavy atom. The standard InChI is InChI=1S/C23H24N3O4P/c1-5-21(27)18-14-24-22(26-28)13-20(18)25-19-8-6-7-17(23(19)30-2)15-9-11-16(12-10-15)31(3,4)29/h6-14H,5H2,1-4H3,(H,24,25). The van der Waals surface area contributed by atoms with Crippen molar-refractivity contribution in [2.24, 2.45) is 5.18 Å². The predicted molar refractivity (Wildman–Crippen MR) is 125 cm³/mol. The smallest absolute Gasteiger partial charge is 0.198 e. The summed E-state index contributed by atoms with van der Waals surface area (Å²) in [6.45, 7) is 5.23. The first-order valence-electron chi connectivity index (χ1n) is 9.75. The molecule has 0 atom stereocenters. The van der Waals surface area contributed by atoms with Gasteiger partial charge < -0.3 is 14.6 Å². The second-order valence-corrected chi connectivity index (χ2v) is 10.6. The number of aromatic nitrogens is 1. The van der Waals surface area contributed by atoms with Gasteiger partial charge >= 0.3 is 0 Å². The third kappa shape index (κ3) is 4.89. The third-order valence-electron chi connectivity index (χ3n) is 4.89. The molecule has 0 aliphatic rings. The number of nitroso groups, excluding NO2 is 1. The van der Waals surface area contributed by atoms with E-state index in [-0.39, 0.29) is 11.6 Å². The Labute approximate surface area is 181 Å². The molecule has 1 aromatic heterocycles. The van der Waals surface area contributed by atoms with Crippen molar-refractivity contribution in [3.8, 4) is 16.9 Å². The first kappa shape index (κ1) is 22.4. The number of pyridine rings is 1. The summed E-state index contributed by atoms with van der Waals surface area (Å²) in [4.78, 5) is 27.2. The van der Waals surface area contributed by atoms with Crippen LogP contribution in [0.5, 0.6) is 5.75 Å². The largest absolute Gasteiger partial charge is 0.494 e. The van der Waals surface area contributed by atoms with Crippen LogP contribution in [0.15, 0.2) is 59.9 Å². The van der Waals surface area contributed by atoms with E-state index in [2.05, 4.69) is 15.5 Å². The molecule has 7 nitrogen and oxygen atoms in total. The van der Waals surface area contributed by atoms with Crippen LogP contribution >= 0.6 is 7.14 Å². The van der Waals surface area contributed by atoms with Crippen molar-refractivity contribution in [2.75, 3.05) is 25.8 Å². The number of hydrogen-bond acceptors (Lipinski definition) is 7. The van der Waals surface area contributed by atoms with Crippen molar-refractivity contribution in [3.63, 3.8) is 0 Å². The van der Waals surface area contributed by atoms with Crippen molar-refractivity contribution in [2.45, 2.75) is 13.3 Å². The zero-order valence-corrected chi connectivity index (χ0v) is 18.8.